The maximum absolute atomic E-state index is 11.6. The quantitative estimate of drug-likeness (QED) is 0.143. The summed E-state index contributed by atoms with van der Waals surface area (Å²) in [6, 6.07) is 8.17. The van der Waals surface area contributed by atoms with Crippen LogP contribution in [0.25, 0.3) is 0 Å². The zero-order valence-electron chi connectivity index (χ0n) is 25.3. The van der Waals surface area contributed by atoms with Crippen LogP contribution in [0.1, 0.15) is 77.8 Å². The predicted molar refractivity (Wildman–Crippen MR) is 165 cm³/mol. The summed E-state index contributed by atoms with van der Waals surface area (Å²) in [5.74, 6) is 1.34. The van der Waals surface area contributed by atoms with Gasteiger partial charge in [0, 0.05) is 35.8 Å². The number of esters is 1. The number of hydrogen-bond donors (Lipinski definition) is 1. The van der Waals surface area contributed by atoms with Crippen molar-refractivity contribution < 1.29 is 27.1 Å². The lowest BCUT2D eigenvalue weighted by Gasteiger charge is -2.26. The number of unbranched alkanes of at least 4 members (excludes halogenated alkanes) is 2. The molecule has 1 N–H and O–H groups in total. The summed E-state index contributed by atoms with van der Waals surface area (Å²) < 4.78 is 39.2. The van der Waals surface area contributed by atoms with Gasteiger partial charge in [-0.2, -0.15) is 8.42 Å². The van der Waals surface area contributed by atoms with E-state index in [1.54, 1.807) is 6.20 Å². The summed E-state index contributed by atoms with van der Waals surface area (Å²) in [4.78, 5) is 23.3. The van der Waals surface area contributed by atoms with Crippen molar-refractivity contribution in [2.45, 2.75) is 84.1 Å². The molecule has 9 nitrogen and oxygen atoms in total. The maximum Gasteiger partial charge on any atom is 0.327 e. The minimum absolute atomic E-state index is 0.133. The molecular weight excluding hydrogens is 552 g/mol. The highest BCUT2D eigenvalue weighted by Crippen LogP contribution is 2.46. The molecule has 2 aromatic rings. The Morgan fingerprint density at radius 2 is 1.83 bits per heavy atom. The van der Waals surface area contributed by atoms with Crippen LogP contribution in [-0.4, -0.2) is 48.5 Å². The number of rotatable bonds is 13. The summed E-state index contributed by atoms with van der Waals surface area (Å²) in [6.07, 6.45) is 13.4. The van der Waals surface area contributed by atoms with E-state index >= 15 is 0 Å². The largest absolute Gasteiger partial charge is 0.466 e. The molecule has 0 aliphatic carbocycles. The number of hydrogen-bond acceptors (Lipinski definition) is 7. The summed E-state index contributed by atoms with van der Waals surface area (Å²) in [6.45, 7) is 12.1. The van der Waals surface area contributed by atoms with Gasteiger partial charge < -0.3 is 9.64 Å². The molecule has 2 aliphatic heterocycles. The van der Waals surface area contributed by atoms with Crippen LogP contribution in [-0.2, 0) is 37.0 Å². The van der Waals surface area contributed by atoms with Crippen molar-refractivity contribution in [1.82, 2.24) is 4.98 Å². The Morgan fingerprint density at radius 3 is 2.57 bits per heavy atom. The molecule has 0 atom stereocenters. The van der Waals surface area contributed by atoms with Crippen LogP contribution in [0.3, 0.4) is 0 Å². The molecule has 0 radical (unpaired) electrons. The molecule has 226 valence electrons. The zero-order chi connectivity index (χ0) is 30.5. The lowest BCUT2D eigenvalue weighted by molar-refractivity contribution is -0.684. The monoisotopic (exact) mass is 595 g/mol. The summed E-state index contributed by atoms with van der Waals surface area (Å²) in [7, 11) is -4.04. The molecule has 0 spiro atoms. The van der Waals surface area contributed by atoms with E-state index in [1.807, 2.05) is 19.1 Å². The third-order valence-corrected chi connectivity index (χ3v) is 8.91. The molecular formula is C32H43N4O5S+. The van der Waals surface area contributed by atoms with E-state index in [-0.39, 0.29) is 29.0 Å². The second kappa shape index (κ2) is 12.9. The molecule has 0 aromatic carbocycles. The number of carbonyl (C=O) groups is 1. The Labute approximate surface area is 249 Å². The zero-order valence-corrected chi connectivity index (χ0v) is 26.2. The van der Waals surface area contributed by atoms with Crippen LogP contribution < -0.4 is 9.47 Å². The number of aromatic nitrogens is 2. The molecule has 4 rings (SSSR count). The Morgan fingerprint density at radius 1 is 1.07 bits per heavy atom. The fraction of sp³-hybridized carbons (Fsp3) is 0.500. The number of fused-ring (bicyclic) bond motifs is 2. The van der Waals surface area contributed by atoms with Gasteiger partial charge in [-0.25, -0.2) is 9.55 Å². The van der Waals surface area contributed by atoms with Gasteiger partial charge in [0.2, 0.25) is 0 Å². The third-order valence-electron chi connectivity index (χ3n) is 8.11. The number of pyridine rings is 2. The molecule has 42 heavy (non-hydrogen) atoms. The molecule has 10 heteroatoms. The topological polar surface area (TPSA) is 113 Å². The highest BCUT2D eigenvalue weighted by molar-refractivity contribution is 7.85. The second-order valence-corrected chi connectivity index (χ2v) is 13.5. The molecule has 4 heterocycles. The molecule has 0 saturated heterocycles. The highest BCUT2D eigenvalue weighted by Gasteiger charge is 2.43. The van der Waals surface area contributed by atoms with Crippen molar-refractivity contribution in [3.05, 3.63) is 71.7 Å². The Hall–Kier alpha value is -3.37. The third kappa shape index (κ3) is 6.98. The van der Waals surface area contributed by atoms with Crippen molar-refractivity contribution >= 4 is 33.4 Å². The van der Waals surface area contributed by atoms with Crippen LogP contribution in [0, 0.1) is 0 Å². The first-order valence-electron chi connectivity index (χ1n) is 14.7. The first-order chi connectivity index (χ1) is 19.9. The number of ether oxygens (including phenoxy) is 1. The predicted octanol–water partition coefficient (Wildman–Crippen LogP) is 5.37. The summed E-state index contributed by atoms with van der Waals surface area (Å²) >= 11 is 0. The van der Waals surface area contributed by atoms with Crippen LogP contribution in [0.2, 0.25) is 0 Å². The lowest BCUT2D eigenvalue weighted by atomic mass is 9.82. The van der Waals surface area contributed by atoms with E-state index in [9.17, 15) is 17.8 Å². The average Bonchev–Trinajstić information content (AvgIpc) is 3.30. The van der Waals surface area contributed by atoms with Gasteiger partial charge in [0.05, 0.1) is 36.1 Å². The lowest BCUT2D eigenvalue weighted by Crippen LogP contribution is -2.34. The van der Waals surface area contributed by atoms with Gasteiger partial charge in [0.15, 0.2) is 5.71 Å². The number of anilines is 1. The molecule has 0 saturated carbocycles. The van der Waals surface area contributed by atoms with Crippen molar-refractivity contribution in [2.24, 2.45) is 4.99 Å². The maximum atomic E-state index is 11.6. The van der Waals surface area contributed by atoms with Gasteiger partial charge >= 0.3 is 11.8 Å². The van der Waals surface area contributed by atoms with Crippen molar-refractivity contribution in [1.29, 1.82) is 0 Å². The molecule has 0 bridgehead atoms. The van der Waals surface area contributed by atoms with Gasteiger partial charge in [-0.05, 0) is 81.8 Å². The van der Waals surface area contributed by atoms with Crippen molar-refractivity contribution in [3.63, 3.8) is 0 Å². The van der Waals surface area contributed by atoms with Gasteiger partial charge in [-0.3, -0.25) is 9.35 Å². The number of carbonyl (C=O) groups excluding carboxylic acids is 1. The smallest absolute Gasteiger partial charge is 0.327 e. The van der Waals surface area contributed by atoms with E-state index in [0.29, 0.717) is 19.6 Å². The molecule has 0 amide bonds. The average molecular weight is 596 g/mol. The second-order valence-electron chi connectivity index (χ2n) is 11.9. The van der Waals surface area contributed by atoms with Gasteiger partial charge in [0.1, 0.15) is 5.82 Å². The Bertz CT molecular complexity index is 1510. The first-order valence-corrected chi connectivity index (χ1v) is 16.3. The van der Waals surface area contributed by atoms with E-state index < -0.39 is 10.1 Å². The number of nitrogens with zero attached hydrogens (tertiary/aromatic N) is 4. The van der Waals surface area contributed by atoms with Crippen LogP contribution >= 0.6 is 0 Å². The van der Waals surface area contributed by atoms with Gasteiger partial charge in [-0.15, -0.1) is 0 Å². The highest BCUT2D eigenvalue weighted by atomic mass is 32.2. The van der Waals surface area contributed by atoms with Gasteiger partial charge in [0.25, 0.3) is 10.1 Å². The molecule has 2 aromatic heterocycles. The van der Waals surface area contributed by atoms with Crippen molar-refractivity contribution in [2.75, 3.05) is 23.8 Å². The van der Waals surface area contributed by atoms with Crippen LogP contribution in [0.15, 0.2) is 65.6 Å². The standard InChI is InChI=1S/C32H42N4O5S/c1-6-41-28(37)18-8-7-9-20-35-21-12-15-25-30(35)34-26(31(25,2)3)16-10-17-27-32(4,5)24-14-11-19-33-29(24)36(27)22-13-23-42(38,39)40/h10-12,14-17,19,21H,6-9,13,18,20,22-23H2,1-5H3/p+1. The molecule has 2 aliphatic rings. The first kappa shape index (κ1) is 31.6. The fourth-order valence-corrected chi connectivity index (χ4v) is 6.28. The van der Waals surface area contributed by atoms with Crippen LogP contribution in [0.5, 0.6) is 0 Å². The number of aryl methyl sites for hydroxylation is 1. The molecule has 0 unspecified atom stereocenters. The minimum Gasteiger partial charge on any atom is -0.466 e. The van der Waals surface area contributed by atoms with E-state index in [2.05, 4.69) is 78.7 Å². The normalized spacial score (nSPS) is 17.9. The van der Waals surface area contributed by atoms with E-state index in [0.717, 1.165) is 54.4 Å². The minimum atomic E-state index is -4.04. The van der Waals surface area contributed by atoms with E-state index in [1.165, 1.54) is 5.56 Å². The summed E-state index contributed by atoms with van der Waals surface area (Å²) in [5, 5.41) is 0. The number of allylic oxidation sites excluding steroid dienone is 4. The Balaban J connectivity index is 1.52. The fourth-order valence-electron chi connectivity index (χ4n) is 5.78. The van der Waals surface area contributed by atoms with Gasteiger partial charge in [-0.1, -0.05) is 26.0 Å². The summed E-state index contributed by atoms with van der Waals surface area (Å²) in [5.41, 5.74) is 3.61. The SMILES string of the molecule is CCOC(=O)CCCCC[n+]1cccc2c1N=C(C=CC=C1N(CCCS(=O)(=O)O)c3ncccc3C1(C)C)C2(C)C. The molecule has 0 fully saturated rings. The Kier molecular flexibility index (Phi) is 9.67. The van der Waals surface area contributed by atoms with Crippen molar-refractivity contribution in [3.8, 4) is 0 Å². The van der Waals surface area contributed by atoms with E-state index in [4.69, 9.17) is 9.73 Å². The van der Waals surface area contributed by atoms with Crippen LogP contribution in [0.4, 0.5) is 11.6 Å². The number of aliphatic imine (C=N–C) groups is 1.